The normalized spacial score (nSPS) is 13.6. The molecule has 0 fully saturated rings. The van der Waals surface area contributed by atoms with Crippen molar-refractivity contribution in [2.75, 3.05) is 13.2 Å². The fraction of sp³-hybridized carbons (Fsp3) is 0.556. The van der Waals surface area contributed by atoms with E-state index < -0.39 is 30.9 Å². The average Bonchev–Trinajstić information content (AvgIpc) is 2.76. The number of nitrogens with zero attached hydrogens (tertiary/aromatic N) is 2. The number of aliphatic hydroxyl groups is 3. The summed E-state index contributed by atoms with van der Waals surface area (Å²) in [6.45, 7) is -1.38. The molecule has 0 radical (unpaired) electrons. The first-order valence-electron chi connectivity index (χ1n) is 4.89. The lowest BCUT2D eigenvalue weighted by Gasteiger charge is -2.24. The highest BCUT2D eigenvalue weighted by Gasteiger charge is 2.27. The summed E-state index contributed by atoms with van der Waals surface area (Å²) in [5.74, 6) is -1.15. The van der Waals surface area contributed by atoms with Gasteiger partial charge in [0, 0.05) is 12.6 Å². The molecule has 0 aromatic carbocycles. The molecule has 0 aliphatic heterocycles. The molecule has 0 unspecified atom stereocenters. The van der Waals surface area contributed by atoms with Gasteiger partial charge in [-0.1, -0.05) is 0 Å². The van der Waals surface area contributed by atoms with Gasteiger partial charge in [-0.05, 0) is 0 Å². The Balaban J connectivity index is 2.81. The first kappa shape index (κ1) is 13.6. The van der Waals surface area contributed by atoms with E-state index in [4.69, 9.17) is 21.1 Å². The van der Waals surface area contributed by atoms with Crippen LogP contribution < -0.4 is 5.73 Å². The zero-order chi connectivity index (χ0) is 13.1. The number of carboxylic acids is 1. The van der Waals surface area contributed by atoms with Crippen LogP contribution in [-0.4, -0.2) is 55.2 Å². The Morgan fingerprint density at radius 3 is 2.59 bits per heavy atom. The van der Waals surface area contributed by atoms with E-state index >= 15 is 0 Å². The first-order valence-corrected chi connectivity index (χ1v) is 4.89. The third kappa shape index (κ3) is 3.01. The van der Waals surface area contributed by atoms with Crippen LogP contribution in [0.2, 0.25) is 0 Å². The predicted molar refractivity (Wildman–Crippen MR) is 55.9 cm³/mol. The van der Waals surface area contributed by atoms with Crippen LogP contribution in [0.4, 0.5) is 0 Å². The summed E-state index contributed by atoms with van der Waals surface area (Å²) in [6, 6.07) is -1.09. The molecule has 1 aromatic heterocycles. The summed E-state index contributed by atoms with van der Waals surface area (Å²) in [6.07, 6.45) is 2.51. The summed E-state index contributed by atoms with van der Waals surface area (Å²) < 4.78 is 1.11. The van der Waals surface area contributed by atoms with E-state index in [9.17, 15) is 9.90 Å². The fourth-order valence-electron chi connectivity index (χ4n) is 1.22. The Labute approximate surface area is 96.9 Å². The Morgan fingerprint density at radius 2 is 2.12 bits per heavy atom. The summed E-state index contributed by atoms with van der Waals surface area (Å²) in [7, 11) is 0. The summed E-state index contributed by atoms with van der Waals surface area (Å²) in [4.78, 5) is 14.4. The van der Waals surface area contributed by atoms with Crippen molar-refractivity contribution in [1.29, 1.82) is 0 Å². The van der Waals surface area contributed by atoms with Gasteiger partial charge in [0.1, 0.15) is 6.04 Å². The first-order chi connectivity index (χ1) is 7.92. The van der Waals surface area contributed by atoms with E-state index in [0.29, 0.717) is 5.69 Å². The van der Waals surface area contributed by atoms with Crippen molar-refractivity contribution in [3.05, 3.63) is 18.2 Å². The second kappa shape index (κ2) is 5.23. The number of hydrogen-bond acceptors (Lipinski definition) is 6. The number of carboxylic acid groups (broad SMARTS) is 1. The third-order valence-electron chi connectivity index (χ3n) is 2.37. The zero-order valence-corrected chi connectivity index (χ0v) is 9.02. The van der Waals surface area contributed by atoms with E-state index in [2.05, 4.69) is 4.98 Å². The predicted octanol–water partition coefficient (Wildman–Crippen LogP) is -2.53. The Bertz CT molecular complexity index is 388. The molecule has 0 aliphatic carbocycles. The van der Waals surface area contributed by atoms with Crippen molar-refractivity contribution in [3.8, 4) is 0 Å². The maximum absolute atomic E-state index is 10.5. The lowest BCUT2D eigenvalue weighted by atomic mass is 10.2. The molecule has 1 aromatic rings. The number of hydrogen-bond donors (Lipinski definition) is 5. The molecular weight excluding hydrogens is 230 g/mol. The van der Waals surface area contributed by atoms with Crippen molar-refractivity contribution in [2.45, 2.75) is 18.2 Å². The van der Waals surface area contributed by atoms with Gasteiger partial charge in [-0.15, -0.1) is 0 Å². The number of carbonyl (C=O) groups is 1. The minimum Gasteiger partial charge on any atom is -0.480 e. The summed E-state index contributed by atoms with van der Waals surface area (Å²) in [5, 5.41) is 36.2. The Kier molecular flexibility index (Phi) is 4.18. The van der Waals surface area contributed by atoms with Gasteiger partial charge in [0.2, 0.25) is 0 Å². The molecule has 8 heteroatoms. The summed E-state index contributed by atoms with van der Waals surface area (Å²) in [5.41, 5.74) is 3.82. The molecule has 96 valence electrons. The van der Waals surface area contributed by atoms with Crippen LogP contribution in [0, 0.1) is 0 Å². The van der Waals surface area contributed by atoms with Gasteiger partial charge in [-0.25, -0.2) is 4.98 Å². The molecule has 0 saturated heterocycles. The minimum absolute atomic E-state index is 0.00469. The Morgan fingerprint density at radius 1 is 1.53 bits per heavy atom. The van der Waals surface area contributed by atoms with Crippen LogP contribution in [0.3, 0.4) is 0 Å². The van der Waals surface area contributed by atoms with Crippen LogP contribution >= 0.6 is 0 Å². The van der Waals surface area contributed by atoms with Crippen LogP contribution in [0.5, 0.6) is 0 Å². The molecule has 17 heavy (non-hydrogen) atoms. The van der Waals surface area contributed by atoms with Gasteiger partial charge in [0.25, 0.3) is 0 Å². The zero-order valence-electron chi connectivity index (χ0n) is 9.02. The molecule has 0 saturated carbocycles. The van der Waals surface area contributed by atoms with Gasteiger partial charge in [0.05, 0.1) is 25.2 Å². The van der Waals surface area contributed by atoms with Crippen molar-refractivity contribution < 1.29 is 25.2 Å². The van der Waals surface area contributed by atoms with Crippen molar-refractivity contribution in [1.82, 2.24) is 9.55 Å². The van der Waals surface area contributed by atoms with Crippen molar-refractivity contribution in [3.63, 3.8) is 0 Å². The van der Waals surface area contributed by atoms with Gasteiger partial charge in [0.15, 0.2) is 5.72 Å². The van der Waals surface area contributed by atoms with E-state index in [-0.39, 0.29) is 6.42 Å². The molecule has 0 spiro atoms. The maximum atomic E-state index is 10.5. The molecular formula is C9H15N3O5. The monoisotopic (exact) mass is 245 g/mol. The fourth-order valence-corrected chi connectivity index (χ4v) is 1.22. The quantitative estimate of drug-likeness (QED) is 0.372. The van der Waals surface area contributed by atoms with E-state index in [1.807, 2.05) is 0 Å². The van der Waals surface area contributed by atoms with Gasteiger partial charge in [-0.3, -0.25) is 4.79 Å². The largest absolute Gasteiger partial charge is 0.480 e. The maximum Gasteiger partial charge on any atom is 0.320 e. The number of imidazole rings is 1. The molecule has 8 nitrogen and oxygen atoms in total. The molecule has 0 aliphatic rings. The molecule has 1 rings (SSSR count). The second-order valence-electron chi connectivity index (χ2n) is 3.72. The lowest BCUT2D eigenvalue weighted by molar-refractivity contribution is -0.138. The molecule has 1 atom stereocenters. The van der Waals surface area contributed by atoms with E-state index in [1.54, 1.807) is 0 Å². The highest BCUT2D eigenvalue weighted by molar-refractivity contribution is 5.73. The minimum atomic E-state index is -1.85. The van der Waals surface area contributed by atoms with Crippen LogP contribution in [0.25, 0.3) is 0 Å². The molecule has 1 heterocycles. The SMILES string of the molecule is N[C@@H](Cc1cn(C(O)(CO)CO)cn1)C(=O)O. The number of aromatic nitrogens is 2. The number of aliphatic carboxylic acids is 1. The molecule has 0 amide bonds. The van der Waals surface area contributed by atoms with Crippen LogP contribution in [0.15, 0.2) is 12.5 Å². The van der Waals surface area contributed by atoms with Crippen LogP contribution in [0.1, 0.15) is 5.69 Å². The van der Waals surface area contributed by atoms with Gasteiger partial charge < -0.3 is 30.7 Å². The number of nitrogens with two attached hydrogens (primary N) is 1. The summed E-state index contributed by atoms with van der Waals surface area (Å²) >= 11 is 0. The van der Waals surface area contributed by atoms with Gasteiger partial charge in [-0.2, -0.15) is 0 Å². The average molecular weight is 245 g/mol. The Hall–Kier alpha value is -1.48. The standard InChI is InChI=1S/C9H15N3O5/c10-7(8(15)16)1-6-2-12(5-11-6)9(17,3-13)4-14/h2,5,7,13-14,17H,1,3-4,10H2,(H,15,16)/t7-/m0/s1. The number of aliphatic hydroxyl groups excluding tert-OH is 2. The van der Waals surface area contributed by atoms with Crippen molar-refractivity contribution in [2.24, 2.45) is 5.73 Å². The molecule has 0 bridgehead atoms. The molecule has 6 N–H and O–H groups in total. The van der Waals surface area contributed by atoms with E-state index in [0.717, 1.165) is 4.57 Å². The lowest BCUT2D eigenvalue weighted by Crippen LogP contribution is -2.40. The van der Waals surface area contributed by atoms with Crippen LogP contribution in [-0.2, 0) is 16.9 Å². The topological polar surface area (TPSA) is 142 Å². The smallest absolute Gasteiger partial charge is 0.320 e. The van der Waals surface area contributed by atoms with Crippen molar-refractivity contribution >= 4 is 5.97 Å². The van der Waals surface area contributed by atoms with E-state index in [1.165, 1.54) is 12.5 Å². The van der Waals surface area contributed by atoms with Gasteiger partial charge >= 0.3 is 5.97 Å². The second-order valence-corrected chi connectivity index (χ2v) is 3.72. The number of rotatable bonds is 6. The highest BCUT2D eigenvalue weighted by atomic mass is 16.4. The third-order valence-corrected chi connectivity index (χ3v) is 2.37. The highest BCUT2D eigenvalue weighted by Crippen LogP contribution is 2.12.